The number of aromatic nitrogens is 1. The average molecular weight is 323 g/mol. The Morgan fingerprint density at radius 1 is 1.41 bits per heavy atom. The minimum atomic E-state index is -0.335. The molecule has 118 valence electrons. The number of carbonyl (C=O) groups excluding carboxylic acids is 1. The minimum Gasteiger partial charge on any atom is -0.395 e. The van der Waals surface area contributed by atoms with E-state index in [4.69, 9.17) is 5.11 Å². The molecule has 0 fully saturated rings. The number of aryl methyl sites for hydroxylation is 1. The summed E-state index contributed by atoms with van der Waals surface area (Å²) in [7, 11) is 0. The predicted molar refractivity (Wildman–Crippen MR) is 84.3 cm³/mol. The third-order valence-corrected chi connectivity index (χ3v) is 4.45. The first-order valence-corrected chi connectivity index (χ1v) is 7.71. The Bertz CT molecular complexity index is 643. The van der Waals surface area contributed by atoms with E-state index < -0.39 is 0 Å². The Morgan fingerprint density at radius 2 is 2.09 bits per heavy atom. The van der Waals surface area contributed by atoms with Gasteiger partial charge in [0.05, 0.1) is 23.2 Å². The van der Waals surface area contributed by atoms with E-state index >= 15 is 0 Å². The van der Waals surface area contributed by atoms with Crippen LogP contribution >= 0.6 is 11.3 Å². The standard InChI is InChI=1S/C15H18FN3O2S/c1-9-13(10(2)19-15(21)17-7-8-20)22-14(18-9)11-3-5-12(16)6-4-11/h3-6,10,20H,7-8H2,1-2H3,(H2,17,19,21). The molecule has 7 heteroatoms. The summed E-state index contributed by atoms with van der Waals surface area (Å²) in [5, 5.41) is 14.8. The molecule has 1 heterocycles. The summed E-state index contributed by atoms with van der Waals surface area (Å²) in [5.41, 5.74) is 1.68. The van der Waals surface area contributed by atoms with Crippen molar-refractivity contribution in [1.82, 2.24) is 15.6 Å². The van der Waals surface area contributed by atoms with Crippen LogP contribution in [0.1, 0.15) is 23.5 Å². The van der Waals surface area contributed by atoms with E-state index in [-0.39, 0.29) is 31.0 Å². The van der Waals surface area contributed by atoms with Gasteiger partial charge in [-0.3, -0.25) is 0 Å². The van der Waals surface area contributed by atoms with Gasteiger partial charge in [0, 0.05) is 12.1 Å². The lowest BCUT2D eigenvalue weighted by Crippen LogP contribution is -2.38. The molecule has 1 aromatic heterocycles. The smallest absolute Gasteiger partial charge is 0.315 e. The number of rotatable bonds is 5. The lowest BCUT2D eigenvalue weighted by molar-refractivity contribution is 0.231. The van der Waals surface area contributed by atoms with Crippen molar-refractivity contribution in [3.63, 3.8) is 0 Å². The van der Waals surface area contributed by atoms with E-state index in [2.05, 4.69) is 15.6 Å². The minimum absolute atomic E-state index is 0.101. The third kappa shape index (κ3) is 4.02. The van der Waals surface area contributed by atoms with Gasteiger partial charge in [0.2, 0.25) is 0 Å². The van der Waals surface area contributed by atoms with Gasteiger partial charge in [-0.2, -0.15) is 0 Å². The summed E-state index contributed by atoms with van der Waals surface area (Å²) in [5.74, 6) is -0.284. The van der Waals surface area contributed by atoms with Crippen molar-refractivity contribution in [2.45, 2.75) is 19.9 Å². The quantitative estimate of drug-likeness (QED) is 0.792. The molecule has 0 aliphatic rings. The highest BCUT2D eigenvalue weighted by atomic mass is 32.1. The van der Waals surface area contributed by atoms with Gasteiger partial charge in [-0.25, -0.2) is 14.2 Å². The molecule has 0 aliphatic carbocycles. The molecule has 1 aromatic carbocycles. The van der Waals surface area contributed by atoms with Crippen LogP contribution in [0.4, 0.5) is 9.18 Å². The summed E-state index contributed by atoms with van der Waals surface area (Å²) in [6.07, 6.45) is 0. The molecule has 5 nitrogen and oxygen atoms in total. The number of nitrogens with one attached hydrogen (secondary N) is 2. The van der Waals surface area contributed by atoms with Crippen molar-refractivity contribution in [3.8, 4) is 10.6 Å². The first-order valence-electron chi connectivity index (χ1n) is 6.89. The van der Waals surface area contributed by atoms with Crippen LogP contribution in [0.2, 0.25) is 0 Å². The van der Waals surface area contributed by atoms with E-state index in [0.29, 0.717) is 0 Å². The second kappa shape index (κ2) is 7.33. The number of amides is 2. The maximum Gasteiger partial charge on any atom is 0.315 e. The molecule has 0 saturated carbocycles. The van der Waals surface area contributed by atoms with E-state index in [1.807, 2.05) is 13.8 Å². The fourth-order valence-corrected chi connectivity index (χ4v) is 3.08. The summed E-state index contributed by atoms with van der Waals surface area (Å²) in [6, 6.07) is 5.63. The summed E-state index contributed by atoms with van der Waals surface area (Å²) < 4.78 is 13.0. The summed E-state index contributed by atoms with van der Waals surface area (Å²) in [4.78, 5) is 17.0. The number of hydrogen-bond acceptors (Lipinski definition) is 4. The fraction of sp³-hybridized carbons (Fsp3) is 0.333. The number of thiazole rings is 1. The van der Waals surface area contributed by atoms with Crippen LogP contribution in [-0.4, -0.2) is 29.3 Å². The predicted octanol–water partition coefficient (Wildman–Crippen LogP) is 2.61. The number of hydrogen-bond donors (Lipinski definition) is 3. The second-order valence-corrected chi connectivity index (χ2v) is 5.85. The largest absolute Gasteiger partial charge is 0.395 e. The molecule has 2 rings (SSSR count). The topological polar surface area (TPSA) is 74.2 Å². The van der Waals surface area contributed by atoms with Crippen LogP contribution in [0.3, 0.4) is 0 Å². The number of aliphatic hydroxyl groups excluding tert-OH is 1. The van der Waals surface area contributed by atoms with E-state index in [1.165, 1.54) is 23.5 Å². The zero-order valence-electron chi connectivity index (χ0n) is 12.4. The SMILES string of the molecule is Cc1nc(-c2ccc(F)cc2)sc1C(C)NC(=O)NCCO. The van der Waals surface area contributed by atoms with Crippen LogP contribution in [0.5, 0.6) is 0 Å². The Balaban J connectivity index is 2.12. The average Bonchev–Trinajstić information content (AvgIpc) is 2.88. The van der Waals surface area contributed by atoms with Gasteiger partial charge in [0.25, 0.3) is 0 Å². The lowest BCUT2D eigenvalue weighted by atomic mass is 10.2. The molecular formula is C15H18FN3O2S. The fourth-order valence-electron chi connectivity index (χ4n) is 2.01. The second-order valence-electron chi connectivity index (χ2n) is 4.82. The van der Waals surface area contributed by atoms with E-state index in [9.17, 15) is 9.18 Å². The van der Waals surface area contributed by atoms with Gasteiger partial charge in [-0.15, -0.1) is 11.3 Å². The molecular weight excluding hydrogens is 305 g/mol. The molecule has 0 aliphatic heterocycles. The van der Waals surface area contributed by atoms with Crippen LogP contribution in [0.25, 0.3) is 10.6 Å². The van der Waals surface area contributed by atoms with Gasteiger partial charge in [-0.05, 0) is 38.1 Å². The van der Waals surface area contributed by atoms with Gasteiger partial charge >= 0.3 is 6.03 Å². The highest BCUT2D eigenvalue weighted by molar-refractivity contribution is 7.15. The van der Waals surface area contributed by atoms with Crippen molar-refractivity contribution in [3.05, 3.63) is 40.7 Å². The number of urea groups is 1. The number of halogens is 1. The molecule has 0 bridgehead atoms. The van der Waals surface area contributed by atoms with Crippen LogP contribution in [-0.2, 0) is 0 Å². The molecule has 0 saturated heterocycles. The van der Waals surface area contributed by atoms with Crippen molar-refractivity contribution in [1.29, 1.82) is 0 Å². The first kappa shape index (κ1) is 16.4. The Morgan fingerprint density at radius 3 is 2.73 bits per heavy atom. The van der Waals surface area contributed by atoms with Crippen molar-refractivity contribution in [2.24, 2.45) is 0 Å². The lowest BCUT2D eigenvalue weighted by Gasteiger charge is -2.13. The van der Waals surface area contributed by atoms with Gasteiger partial charge in [0.15, 0.2) is 0 Å². The van der Waals surface area contributed by atoms with Crippen LogP contribution < -0.4 is 10.6 Å². The molecule has 2 aromatic rings. The van der Waals surface area contributed by atoms with Crippen LogP contribution in [0, 0.1) is 12.7 Å². The molecule has 3 N–H and O–H groups in total. The van der Waals surface area contributed by atoms with Gasteiger partial charge in [0.1, 0.15) is 10.8 Å². The molecule has 1 atom stereocenters. The van der Waals surface area contributed by atoms with Crippen molar-refractivity contribution >= 4 is 17.4 Å². The normalized spacial score (nSPS) is 12.0. The highest BCUT2D eigenvalue weighted by Crippen LogP contribution is 2.31. The number of nitrogens with zero attached hydrogens (tertiary/aromatic N) is 1. The summed E-state index contributed by atoms with van der Waals surface area (Å²) in [6.45, 7) is 3.85. The number of benzene rings is 1. The zero-order chi connectivity index (χ0) is 16.1. The Labute approximate surface area is 132 Å². The summed E-state index contributed by atoms with van der Waals surface area (Å²) >= 11 is 1.47. The monoisotopic (exact) mass is 323 g/mol. The van der Waals surface area contributed by atoms with E-state index in [0.717, 1.165) is 21.1 Å². The maximum absolute atomic E-state index is 13.0. The molecule has 22 heavy (non-hydrogen) atoms. The number of aliphatic hydroxyl groups is 1. The third-order valence-electron chi connectivity index (χ3n) is 3.06. The van der Waals surface area contributed by atoms with Gasteiger partial charge in [-0.1, -0.05) is 0 Å². The number of carbonyl (C=O) groups is 1. The van der Waals surface area contributed by atoms with Crippen LogP contribution in [0.15, 0.2) is 24.3 Å². The van der Waals surface area contributed by atoms with E-state index in [1.54, 1.807) is 12.1 Å². The first-order chi connectivity index (χ1) is 10.5. The Kier molecular flexibility index (Phi) is 5.46. The van der Waals surface area contributed by atoms with Crippen molar-refractivity contribution in [2.75, 3.05) is 13.2 Å². The molecule has 0 radical (unpaired) electrons. The van der Waals surface area contributed by atoms with Crippen molar-refractivity contribution < 1.29 is 14.3 Å². The highest BCUT2D eigenvalue weighted by Gasteiger charge is 2.17. The zero-order valence-corrected chi connectivity index (χ0v) is 13.2. The maximum atomic E-state index is 13.0. The molecule has 1 unspecified atom stereocenters. The molecule has 0 spiro atoms. The van der Waals surface area contributed by atoms with Gasteiger partial charge < -0.3 is 15.7 Å². The Hall–Kier alpha value is -1.99. The molecule has 2 amide bonds.